The molecule has 7 nitrogen and oxygen atoms in total. The van der Waals surface area contributed by atoms with Crippen LogP contribution >= 0.6 is 11.3 Å². The molecule has 1 aromatic carbocycles. The normalized spacial score (nSPS) is 18.1. The van der Waals surface area contributed by atoms with Gasteiger partial charge in [-0.2, -0.15) is 0 Å². The first-order chi connectivity index (χ1) is 13.2. The van der Waals surface area contributed by atoms with E-state index in [4.69, 9.17) is 0 Å². The van der Waals surface area contributed by atoms with E-state index in [1.54, 1.807) is 30.8 Å². The number of aromatic nitrogens is 3. The summed E-state index contributed by atoms with van der Waals surface area (Å²) < 4.78 is 16.7. The van der Waals surface area contributed by atoms with Crippen LogP contribution < -0.4 is 4.90 Å². The Morgan fingerprint density at radius 3 is 2.59 bits per heavy atom. The van der Waals surface area contributed by atoms with Crippen molar-refractivity contribution in [2.75, 3.05) is 38.1 Å². The summed E-state index contributed by atoms with van der Waals surface area (Å²) in [5.74, 6) is 0.689. The maximum Gasteiger partial charge on any atom is 0.225 e. The molecule has 0 spiro atoms. The van der Waals surface area contributed by atoms with Crippen molar-refractivity contribution in [1.29, 1.82) is 0 Å². The lowest BCUT2D eigenvalue weighted by Gasteiger charge is -2.38. The third-order valence-electron chi connectivity index (χ3n) is 5.01. The van der Waals surface area contributed by atoms with Gasteiger partial charge in [0.25, 0.3) is 0 Å². The van der Waals surface area contributed by atoms with Gasteiger partial charge >= 0.3 is 0 Å². The quantitative estimate of drug-likeness (QED) is 0.676. The maximum absolute atomic E-state index is 11.7. The first kappa shape index (κ1) is 18.3. The van der Waals surface area contributed by atoms with Crippen LogP contribution in [0.2, 0.25) is 0 Å². The zero-order valence-electron chi connectivity index (χ0n) is 15.3. The summed E-state index contributed by atoms with van der Waals surface area (Å²) in [5.41, 5.74) is 4.27. The smallest absolute Gasteiger partial charge is 0.225 e. The van der Waals surface area contributed by atoms with Gasteiger partial charge in [-0.3, -0.25) is 4.90 Å². The third-order valence-corrected chi connectivity index (χ3v) is 6.85. The Kier molecular flexibility index (Phi) is 5.33. The molecule has 2 atom stereocenters. The van der Waals surface area contributed by atoms with Gasteiger partial charge in [-0.05, 0) is 24.6 Å². The van der Waals surface area contributed by atoms with Crippen LogP contribution in [0.3, 0.4) is 0 Å². The predicted molar refractivity (Wildman–Crippen MR) is 110 cm³/mol. The minimum Gasteiger partial charge on any atom is -0.338 e. The van der Waals surface area contributed by atoms with E-state index in [-0.39, 0.29) is 0 Å². The molecule has 0 amide bonds. The van der Waals surface area contributed by atoms with Crippen molar-refractivity contribution >= 4 is 38.1 Å². The van der Waals surface area contributed by atoms with Gasteiger partial charge in [0.1, 0.15) is 0 Å². The van der Waals surface area contributed by atoms with Crippen molar-refractivity contribution in [3.63, 3.8) is 0 Å². The minimum absolute atomic E-state index is 0.344. The summed E-state index contributed by atoms with van der Waals surface area (Å²) in [4.78, 5) is 18.4. The lowest BCUT2D eigenvalue weighted by Crippen LogP contribution is -2.47. The molecule has 1 aliphatic rings. The van der Waals surface area contributed by atoms with E-state index >= 15 is 0 Å². The minimum atomic E-state index is -1.74. The summed E-state index contributed by atoms with van der Waals surface area (Å²) in [6, 6.07) is 6.92. The predicted octanol–water partition coefficient (Wildman–Crippen LogP) is 2.62. The Bertz CT molecular complexity index is 1000. The van der Waals surface area contributed by atoms with Gasteiger partial charge in [-0.15, -0.1) is 11.3 Å². The van der Waals surface area contributed by atoms with E-state index in [1.165, 1.54) is 10.3 Å². The highest BCUT2D eigenvalue weighted by atomic mass is 32.2. The monoisotopic (exact) mass is 402 g/mol. The van der Waals surface area contributed by atoms with Crippen LogP contribution in [0.25, 0.3) is 10.2 Å². The fourth-order valence-corrected chi connectivity index (χ4v) is 4.55. The van der Waals surface area contributed by atoms with Gasteiger partial charge in [0.05, 0.1) is 31.2 Å². The van der Waals surface area contributed by atoms with Crippen LogP contribution in [-0.4, -0.2) is 57.3 Å². The van der Waals surface area contributed by atoms with Crippen LogP contribution in [0.1, 0.15) is 18.5 Å². The van der Waals surface area contributed by atoms with Crippen molar-refractivity contribution in [1.82, 2.24) is 19.9 Å². The van der Waals surface area contributed by atoms with E-state index in [1.807, 2.05) is 5.51 Å². The Morgan fingerprint density at radius 2 is 1.89 bits per heavy atom. The second-order valence-corrected chi connectivity index (χ2v) is 8.84. The lowest BCUT2D eigenvalue weighted by atomic mass is 10.1. The topological polar surface area (TPSA) is 74.6 Å². The van der Waals surface area contributed by atoms with Gasteiger partial charge in [0.15, 0.2) is 0 Å². The molecule has 1 aliphatic heterocycles. The second-order valence-electron chi connectivity index (χ2n) is 6.49. The lowest BCUT2D eigenvalue weighted by molar-refractivity contribution is 0.198. The fourth-order valence-electron chi connectivity index (χ4n) is 3.35. The SMILES string of the molecule is CN=[SH](=O)c1cnc(N2CCN([C@@H](C)c3ccc4scnc4c3)CC2)nc1. The molecule has 3 aromatic rings. The highest BCUT2D eigenvalue weighted by molar-refractivity contribution is 7.75. The van der Waals surface area contributed by atoms with E-state index in [2.05, 4.69) is 54.2 Å². The van der Waals surface area contributed by atoms with Gasteiger partial charge in [0, 0.05) is 51.7 Å². The first-order valence-corrected chi connectivity index (χ1v) is 11.0. The number of thiol groups is 1. The maximum atomic E-state index is 11.7. The second kappa shape index (κ2) is 7.87. The number of nitrogens with zero attached hydrogens (tertiary/aromatic N) is 6. The Balaban J connectivity index is 1.41. The van der Waals surface area contributed by atoms with E-state index < -0.39 is 10.6 Å². The number of fused-ring (bicyclic) bond motifs is 1. The molecule has 0 radical (unpaired) electrons. The highest BCUT2D eigenvalue weighted by Gasteiger charge is 2.23. The molecule has 0 N–H and O–H groups in total. The average Bonchev–Trinajstić information content (AvgIpc) is 3.21. The molecule has 9 heteroatoms. The molecule has 3 heterocycles. The Labute approximate surface area is 164 Å². The Hall–Kier alpha value is -2.10. The van der Waals surface area contributed by atoms with Crippen molar-refractivity contribution in [2.24, 2.45) is 4.36 Å². The van der Waals surface area contributed by atoms with E-state index in [0.29, 0.717) is 16.9 Å². The molecule has 2 aromatic heterocycles. The summed E-state index contributed by atoms with van der Waals surface area (Å²) in [7, 11) is -0.194. The van der Waals surface area contributed by atoms with Crippen LogP contribution in [0.5, 0.6) is 0 Å². The summed E-state index contributed by atoms with van der Waals surface area (Å²) in [6.07, 6.45) is 3.23. The number of rotatable bonds is 4. The van der Waals surface area contributed by atoms with Gasteiger partial charge < -0.3 is 4.90 Å². The summed E-state index contributed by atoms with van der Waals surface area (Å²) >= 11 is 1.68. The fraction of sp³-hybridized carbons (Fsp3) is 0.389. The molecule has 142 valence electrons. The number of thiazole rings is 1. The zero-order chi connectivity index (χ0) is 18.8. The Morgan fingerprint density at radius 1 is 1.15 bits per heavy atom. The van der Waals surface area contributed by atoms with Crippen LogP contribution in [0, 0.1) is 0 Å². The number of piperazine rings is 1. The van der Waals surface area contributed by atoms with Gasteiger partial charge in [-0.1, -0.05) is 6.07 Å². The van der Waals surface area contributed by atoms with Gasteiger partial charge in [0.2, 0.25) is 5.95 Å². The number of anilines is 1. The number of benzene rings is 1. The zero-order valence-corrected chi connectivity index (χ0v) is 17.0. The highest BCUT2D eigenvalue weighted by Crippen LogP contribution is 2.27. The molecule has 27 heavy (non-hydrogen) atoms. The largest absolute Gasteiger partial charge is 0.338 e. The van der Waals surface area contributed by atoms with Crippen molar-refractivity contribution < 1.29 is 4.21 Å². The third kappa shape index (κ3) is 3.80. The van der Waals surface area contributed by atoms with Crippen molar-refractivity contribution in [3.05, 3.63) is 41.7 Å². The molecule has 1 saturated heterocycles. The standard InChI is InChI=1S/C18H22N6OS2/c1-13(14-3-4-17-16(9-14)22-12-26-17)23-5-7-24(8-6-23)18-20-10-15(11-21-18)27(25)19-2/h3-4,9-13,27H,5-8H2,1-2H3/t13-/m0/s1. The summed E-state index contributed by atoms with van der Waals surface area (Å²) in [6.45, 7) is 5.87. The summed E-state index contributed by atoms with van der Waals surface area (Å²) in [5, 5.41) is 0. The first-order valence-electron chi connectivity index (χ1n) is 8.87. The van der Waals surface area contributed by atoms with Crippen molar-refractivity contribution in [2.45, 2.75) is 17.9 Å². The molecular formula is C18H22N6OS2. The average molecular weight is 403 g/mol. The molecule has 1 fully saturated rings. The van der Waals surface area contributed by atoms with Crippen LogP contribution in [0.15, 0.2) is 45.4 Å². The molecule has 1 unspecified atom stereocenters. The van der Waals surface area contributed by atoms with Crippen molar-refractivity contribution in [3.8, 4) is 0 Å². The molecule has 0 saturated carbocycles. The molecular weight excluding hydrogens is 380 g/mol. The number of hydrogen-bond donors (Lipinski definition) is 1. The number of hydrogen-bond acceptors (Lipinski definition) is 8. The van der Waals surface area contributed by atoms with Crippen LogP contribution in [-0.2, 0) is 10.6 Å². The molecule has 4 rings (SSSR count). The molecule has 0 bridgehead atoms. The van der Waals surface area contributed by atoms with E-state index in [0.717, 1.165) is 31.7 Å². The van der Waals surface area contributed by atoms with E-state index in [9.17, 15) is 4.21 Å². The molecule has 0 aliphatic carbocycles. The van der Waals surface area contributed by atoms with Crippen LogP contribution in [0.4, 0.5) is 5.95 Å². The van der Waals surface area contributed by atoms with Gasteiger partial charge in [-0.25, -0.2) is 23.5 Å².